The molecular weight excluding hydrogens is 350 g/mol. The van der Waals surface area contributed by atoms with E-state index in [-0.39, 0.29) is 16.8 Å². The zero-order valence-electron chi connectivity index (χ0n) is 15.2. The van der Waals surface area contributed by atoms with Gasteiger partial charge in [-0.15, -0.1) is 0 Å². The van der Waals surface area contributed by atoms with Crippen molar-refractivity contribution in [1.29, 1.82) is 0 Å². The minimum absolute atomic E-state index is 0.111. The normalized spacial score (nSPS) is 16.4. The molecule has 0 radical (unpaired) electrons. The topological polar surface area (TPSA) is 89.0 Å². The van der Waals surface area contributed by atoms with Gasteiger partial charge in [-0.2, -0.15) is 0 Å². The fourth-order valence-corrected chi connectivity index (χ4v) is 4.02. The Hall–Kier alpha value is -2.28. The number of benzene rings is 1. The second-order valence-electron chi connectivity index (χ2n) is 7.07. The van der Waals surface area contributed by atoms with Crippen molar-refractivity contribution in [1.82, 2.24) is 15.3 Å². The van der Waals surface area contributed by atoms with Crippen LogP contribution in [0, 0.1) is 13.8 Å². The van der Waals surface area contributed by atoms with Crippen LogP contribution in [-0.4, -0.2) is 30.5 Å². The monoisotopic (exact) mass is 373 g/mol. The molecule has 1 amide bonds. The van der Waals surface area contributed by atoms with E-state index in [9.17, 15) is 13.2 Å². The van der Waals surface area contributed by atoms with Gasteiger partial charge < -0.3 is 5.32 Å². The lowest BCUT2D eigenvalue weighted by molar-refractivity contribution is 0.0891. The van der Waals surface area contributed by atoms with E-state index in [4.69, 9.17) is 0 Å². The second kappa shape index (κ2) is 6.79. The predicted octanol–water partition coefficient (Wildman–Crippen LogP) is 2.70. The smallest absolute Gasteiger partial charge is 0.271 e. The number of nitrogens with zero attached hydrogens (tertiary/aromatic N) is 2. The SMILES string of the molecule is Cc1cccc(C2(NC(=O)c3nc(S(C)(=O)=O)ncc3C)CCCC2)c1. The summed E-state index contributed by atoms with van der Waals surface area (Å²) in [5.41, 5.74) is 2.44. The first kappa shape index (κ1) is 18.5. The van der Waals surface area contributed by atoms with E-state index in [2.05, 4.69) is 21.4 Å². The molecule has 0 atom stereocenters. The molecule has 1 aliphatic rings. The Morgan fingerprint density at radius 1 is 1.19 bits per heavy atom. The quantitative estimate of drug-likeness (QED) is 0.833. The van der Waals surface area contributed by atoms with Gasteiger partial charge in [-0.1, -0.05) is 42.7 Å². The van der Waals surface area contributed by atoms with E-state index >= 15 is 0 Å². The first-order valence-electron chi connectivity index (χ1n) is 8.65. The average Bonchev–Trinajstić information content (AvgIpc) is 3.04. The van der Waals surface area contributed by atoms with E-state index in [1.807, 2.05) is 25.1 Å². The number of amides is 1. The number of aryl methyl sites for hydroxylation is 2. The molecule has 0 unspecified atom stereocenters. The summed E-state index contributed by atoms with van der Waals surface area (Å²) < 4.78 is 23.5. The third-order valence-corrected chi connectivity index (χ3v) is 5.74. The first-order valence-corrected chi connectivity index (χ1v) is 10.5. The van der Waals surface area contributed by atoms with Crippen molar-refractivity contribution in [3.63, 3.8) is 0 Å². The van der Waals surface area contributed by atoms with E-state index in [0.29, 0.717) is 5.56 Å². The minimum atomic E-state index is -3.58. The molecule has 0 saturated heterocycles. The van der Waals surface area contributed by atoms with Gasteiger partial charge in [0.2, 0.25) is 15.0 Å². The van der Waals surface area contributed by atoms with Crippen molar-refractivity contribution in [2.75, 3.05) is 6.26 Å². The average molecular weight is 373 g/mol. The summed E-state index contributed by atoms with van der Waals surface area (Å²) in [6, 6.07) is 8.16. The number of nitrogens with one attached hydrogen (secondary N) is 1. The number of hydrogen-bond donors (Lipinski definition) is 1. The lowest BCUT2D eigenvalue weighted by atomic mass is 9.87. The van der Waals surface area contributed by atoms with Crippen LogP contribution in [-0.2, 0) is 15.4 Å². The third-order valence-electron chi connectivity index (χ3n) is 4.88. The predicted molar refractivity (Wildman–Crippen MR) is 98.7 cm³/mol. The molecule has 2 aromatic rings. The van der Waals surface area contributed by atoms with Gasteiger partial charge in [0.25, 0.3) is 5.91 Å². The van der Waals surface area contributed by atoms with Crippen LogP contribution in [0.25, 0.3) is 0 Å². The summed E-state index contributed by atoms with van der Waals surface area (Å²) in [6.45, 7) is 3.73. The molecule has 138 valence electrons. The summed E-state index contributed by atoms with van der Waals surface area (Å²) >= 11 is 0. The van der Waals surface area contributed by atoms with E-state index in [1.54, 1.807) is 6.92 Å². The van der Waals surface area contributed by atoms with Crippen molar-refractivity contribution in [2.45, 2.75) is 50.2 Å². The van der Waals surface area contributed by atoms with Crippen LogP contribution in [0.5, 0.6) is 0 Å². The van der Waals surface area contributed by atoms with Crippen molar-refractivity contribution in [2.24, 2.45) is 0 Å². The van der Waals surface area contributed by atoms with Gasteiger partial charge in [0, 0.05) is 12.5 Å². The van der Waals surface area contributed by atoms with Crippen molar-refractivity contribution >= 4 is 15.7 Å². The summed E-state index contributed by atoms with van der Waals surface area (Å²) in [5, 5.41) is 2.82. The molecule has 7 heteroatoms. The molecule has 1 fully saturated rings. The standard InChI is InChI=1S/C19H23N3O3S/c1-13-7-6-8-15(11-13)19(9-4-5-10-19)22-17(23)16-14(2)12-20-18(21-16)26(3,24)25/h6-8,11-12H,4-5,9-10H2,1-3H3,(H,22,23). The molecule has 3 rings (SSSR count). The molecule has 26 heavy (non-hydrogen) atoms. The lowest BCUT2D eigenvalue weighted by Crippen LogP contribution is -2.44. The van der Waals surface area contributed by atoms with E-state index < -0.39 is 15.4 Å². The Morgan fingerprint density at radius 3 is 2.50 bits per heavy atom. The van der Waals surface area contributed by atoms with Gasteiger partial charge in [0.15, 0.2) is 0 Å². The van der Waals surface area contributed by atoms with Crippen molar-refractivity contribution in [3.05, 3.63) is 52.8 Å². The van der Waals surface area contributed by atoms with Gasteiger partial charge in [-0.25, -0.2) is 18.4 Å². The van der Waals surface area contributed by atoms with Gasteiger partial charge in [-0.05, 0) is 37.8 Å². The maximum absolute atomic E-state index is 13.0. The van der Waals surface area contributed by atoms with Gasteiger partial charge in [0.1, 0.15) is 5.69 Å². The zero-order valence-corrected chi connectivity index (χ0v) is 16.1. The Labute approximate surface area is 154 Å². The molecule has 0 aliphatic heterocycles. The highest BCUT2D eigenvalue weighted by molar-refractivity contribution is 7.90. The van der Waals surface area contributed by atoms with Crippen LogP contribution < -0.4 is 5.32 Å². The third kappa shape index (κ3) is 3.62. The molecule has 1 heterocycles. The summed E-state index contributed by atoms with van der Waals surface area (Å²) in [5.74, 6) is -0.363. The van der Waals surface area contributed by atoms with Crippen LogP contribution in [0.3, 0.4) is 0 Å². The van der Waals surface area contributed by atoms with Gasteiger partial charge in [-0.3, -0.25) is 4.79 Å². The molecule has 1 N–H and O–H groups in total. The first-order chi connectivity index (χ1) is 12.2. The molecule has 6 nitrogen and oxygen atoms in total. The molecule has 1 aromatic heterocycles. The lowest BCUT2D eigenvalue weighted by Gasteiger charge is -2.31. The van der Waals surface area contributed by atoms with E-state index in [1.165, 1.54) is 6.20 Å². The van der Waals surface area contributed by atoms with Crippen LogP contribution in [0.1, 0.15) is 52.9 Å². The number of sulfone groups is 1. The van der Waals surface area contributed by atoms with Crippen LogP contribution >= 0.6 is 0 Å². The fraction of sp³-hybridized carbons (Fsp3) is 0.421. The highest BCUT2D eigenvalue weighted by Gasteiger charge is 2.38. The summed E-state index contributed by atoms with van der Waals surface area (Å²) in [6.07, 6.45) is 6.19. The maximum atomic E-state index is 13.0. The molecule has 0 spiro atoms. The molecule has 1 aromatic carbocycles. The molecular formula is C19H23N3O3S. The highest BCUT2D eigenvalue weighted by atomic mass is 32.2. The van der Waals surface area contributed by atoms with Crippen LogP contribution in [0.2, 0.25) is 0 Å². The molecule has 0 bridgehead atoms. The Bertz CT molecular complexity index is 948. The fourth-order valence-electron chi connectivity index (χ4n) is 3.52. The number of rotatable bonds is 4. The maximum Gasteiger partial charge on any atom is 0.271 e. The van der Waals surface area contributed by atoms with Crippen LogP contribution in [0.15, 0.2) is 35.6 Å². The largest absolute Gasteiger partial charge is 0.341 e. The molecule has 1 aliphatic carbocycles. The highest BCUT2D eigenvalue weighted by Crippen LogP contribution is 2.39. The zero-order chi connectivity index (χ0) is 18.9. The number of hydrogen-bond acceptors (Lipinski definition) is 5. The van der Waals surface area contributed by atoms with E-state index in [0.717, 1.165) is 43.1 Å². The second-order valence-corrected chi connectivity index (χ2v) is 8.98. The van der Waals surface area contributed by atoms with Crippen molar-refractivity contribution < 1.29 is 13.2 Å². The van der Waals surface area contributed by atoms with Crippen molar-refractivity contribution in [3.8, 4) is 0 Å². The summed E-state index contributed by atoms with van der Waals surface area (Å²) in [4.78, 5) is 20.8. The number of carbonyl (C=O) groups excluding carboxylic acids is 1. The van der Waals surface area contributed by atoms with Crippen LogP contribution in [0.4, 0.5) is 0 Å². The van der Waals surface area contributed by atoms with Gasteiger partial charge in [0.05, 0.1) is 5.54 Å². The molecule has 1 saturated carbocycles. The number of carbonyl (C=O) groups is 1. The van der Waals surface area contributed by atoms with Gasteiger partial charge >= 0.3 is 0 Å². The Kier molecular flexibility index (Phi) is 4.84. The number of aromatic nitrogens is 2. The minimum Gasteiger partial charge on any atom is -0.341 e. The Morgan fingerprint density at radius 2 is 1.88 bits per heavy atom. The Balaban J connectivity index is 1.97. The summed E-state index contributed by atoms with van der Waals surface area (Å²) in [7, 11) is -3.58.